The maximum atomic E-state index is 14.0. The van der Waals surface area contributed by atoms with Crippen LogP contribution < -0.4 is 10.1 Å². The molecule has 0 spiro atoms. The quantitative estimate of drug-likeness (QED) is 0.757. The zero-order chi connectivity index (χ0) is 18.5. The number of rotatable bonds is 3. The Morgan fingerprint density at radius 3 is 2.65 bits per heavy atom. The molecule has 3 aromatic rings. The summed E-state index contributed by atoms with van der Waals surface area (Å²) in [5, 5.41) is 4.12. The number of benzene rings is 2. The lowest BCUT2D eigenvalue weighted by atomic mass is 10.0. The predicted octanol–water partition coefficient (Wildman–Crippen LogP) is 3.62. The van der Waals surface area contributed by atoms with Gasteiger partial charge >= 0.3 is 0 Å². The summed E-state index contributed by atoms with van der Waals surface area (Å²) in [6, 6.07) is 8.50. The summed E-state index contributed by atoms with van der Waals surface area (Å²) in [6.45, 7) is 2.82. The first kappa shape index (κ1) is 17.1. The molecule has 1 unspecified atom stereocenters. The van der Waals surface area contributed by atoms with Crippen LogP contribution >= 0.6 is 0 Å². The van der Waals surface area contributed by atoms with Gasteiger partial charge in [0.2, 0.25) is 9.84 Å². The lowest BCUT2D eigenvalue weighted by molar-refractivity contribution is 0.385. The molecule has 0 saturated heterocycles. The minimum atomic E-state index is -3.85. The molecule has 26 heavy (non-hydrogen) atoms. The molecule has 0 radical (unpaired) electrons. The number of methoxy groups -OCH3 is 1. The monoisotopic (exact) mass is 375 g/mol. The van der Waals surface area contributed by atoms with E-state index in [0.717, 1.165) is 35.7 Å². The van der Waals surface area contributed by atoms with Crippen LogP contribution in [0.15, 0.2) is 50.6 Å². The van der Waals surface area contributed by atoms with Gasteiger partial charge in [-0.25, -0.2) is 12.8 Å². The lowest BCUT2D eigenvalue weighted by Gasteiger charge is -2.18. The molecule has 1 aromatic heterocycles. The van der Waals surface area contributed by atoms with Crippen molar-refractivity contribution in [1.82, 2.24) is 5.32 Å². The SMILES string of the molecule is COc1ccc(S(=O)(=O)c2ccc3oc4c(c3c2)CCNC4C)cc1F. The summed E-state index contributed by atoms with van der Waals surface area (Å²) in [4.78, 5) is 0.00639. The Balaban J connectivity index is 1.84. The topological polar surface area (TPSA) is 68.5 Å². The van der Waals surface area contributed by atoms with Crippen molar-refractivity contribution in [3.05, 3.63) is 53.5 Å². The van der Waals surface area contributed by atoms with E-state index in [0.29, 0.717) is 5.58 Å². The minimum Gasteiger partial charge on any atom is -0.494 e. The van der Waals surface area contributed by atoms with E-state index in [9.17, 15) is 12.8 Å². The highest BCUT2D eigenvalue weighted by molar-refractivity contribution is 7.91. The van der Waals surface area contributed by atoms with E-state index in [1.54, 1.807) is 12.1 Å². The predicted molar refractivity (Wildman–Crippen MR) is 94.7 cm³/mol. The molecule has 1 atom stereocenters. The number of furan rings is 1. The van der Waals surface area contributed by atoms with Gasteiger partial charge in [-0.05, 0) is 56.3 Å². The minimum absolute atomic E-state index is 0.00444. The average molecular weight is 375 g/mol. The fraction of sp³-hybridized carbons (Fsp3) is 0.263. The van der Waals surface area contributed by atoms with Gasteiger partial charge in [-0.1, -0.05) is 0 Å². The fourth-order valence-electron chi connectivity index (χ4n) is 3.38. The van der Waals surface area contributed by atoms with Gasteiger partial charge in [-0.15, -0.1) is 0 Å². The number of halogens is 1. The van der Waals surface area contributed by atoms with Gasteiger partial charge in [-0.3, -0.25) is 0 Å². The molecule has 4 rings (SSSR count). The molecule has 1 N–H and O–H groups in total. The Kier molecular flexibility index (Phi) is 4.00. The van der Waals surface area contributed by atoms with Crippen LogP contribution in [0.1, 0.15) is 24.3 Å². The van der Waals surface area contributed by atoms with Gasteiger partial charge in [0, 0.05) is 10.9 Å². The van der Waals surface area contributed by atoms with E-state index in [1.807, 2.05) is 6.92 Å². The highest BCUT2D eigenvalue weighted by Gasteiger charge is 2.25. The van der Waals surface area contributed by atoms with Crippen LogP contribution in [0.25, 0.3) is 11.0 Å². The Labute approximate surface area is 150 Å². The summed E-state index contributed by atoms with van der Waals surface area (Å²) in [7, 11) is -2.52. The maximum Gasteiger partial charge on any atom is 0.206 e. The Hall–Kier alpha value is -2.38. The van der Waals surface area contributed by atoms with Crippen LogP contribution in [0.3, 0.4) is 0 Å². The molecule has 0 bridgehead atoms. The van der Waals surface area contributed by atoms with Crippen LogP contribution in [-0.2, 0) is 16.3 Å². The van der Waals surface area contributed by atoms with Crippen molar-refractivity contribution in [2.75, 3.05) is 13.7 Å². The third-order valence-corrected chi connectivity index (χ3v) is 6.51. The summed E-state index contributed by atoms with van der Waals surface area (Å²) in [5.41, 5.74) is 1.69. The van der Waals surface area contributed by atoms with Crippen molar-refractivity contribution < 1.29 is 22.0 Å². The zero-order valence-corrected chi connectivity index (χ0v) is 15.2. The number of nitrogens with one attached hydrogen (secondary N) is 1. The van der Waals surface area contributed by atoms with E-state index in [4.69, 9.17) is 9.15 Å². The second-order valence-corrected chi connectivity index (χ2v) is 8.28. The van der Waals surface area contributed by atoms with Crippen LogP contribution in [0.2, 0.25) is 0 Å². The van der Waals surface area contributed by atoms with Gasteiger partial charge in [-0.2, -0.15) is 0 Å². The molecule has 2 aromatic carbocycles. The van der Waals surface area contributed by atoms with E-state index in [2.05, 4.69) is 5.32 Å². The molecular formula is C19H18FNO4S. The molecule has 2 heterocycles. The van der Waals surface area contributed by atoms with Gasteiger partial charge in [0.1, 0.15) is 11.3 Å². The van der Waals surface area contributed by atoms with E-state index < -0.39 is 15.7 Å². The second-order valence-electron chi connectivity index (χ2n) is 6.33. The van der Waals surface area contributed by atoms with Crippen molar-refractivity contribution in [2.24, 2.45) is 0 Å². The molecule has 5 nitrogen and oxygen atoms in total. The van der Waals surface area contributed by atoms with Crippen molar-refractivity contribution in [1.29, 1.82) is 0 Å². The Morgan fingerprint density at radius 2 is 1.92 bits per heavy atom. The van der Waals surface area contributed by atoms with Crippen LogP contribution in [0.4, 0.5) is 4.39 Å². The number of fused-ring (bicyclic) bond motifs is 3. The molecule has 136 valence electrons. The summed E-state index contributed by atoms with van der Waals surface area (Å²) in [6.07, 6.45) is 0.771. The third kappa shape index (κ3) is 2.59. The molecule has 1 aliphatic heterocycles. The maximum absolute atomic E-state index is 14.0. The second kappa shape index (κ2) is 6.10. The highest BCUT2D eigenvalue weighted by Crippen LogP contribution is 2.35. The van der Waals surface area contributed by atoms with Crippen LogP contribution in [0.5, 0.6) is 5.75 Å². The van der Waals surface area contributed by atoms with Crippen molar-refractivity contribution >= 4 is 20.8 Å². The number of ether oxygens (including phenoxy) is 1. The largest absolute Gasteiger partial charge is 0.494 e. The van der Waals surface area contributed by atoms with E-state index in [-0.39, 0.29) is 21.6 Å². The van der Waals surface area contributed by atoms with Crippen molar-refractivity contribution in [3.63, 3.8) is 0 Å². The first-order chi connectivity index (χ1) is 12.4. The molecule has 0 amide bonds. The summed E-state index contributed by atoms with van der Waals surface area (Å²) >= 11 is 0. The fourth-order valence-corrected chi connectivity index (χ4v) is 4.68. The number of sulfone groups is 1. The molecule has 7 heteroatoms. The van der Waals surface area contributed by atoms with E-state index in [1.165, 1.54) is 25.3 Å². The van der Waals surface area contributed by atoms with Gasteiger partial charge < -0.3 is 14.5 Å². The van der Waals surface area contributed by atoms with Crippen molar-refractivity contribution in [3.8, 4) is 5.75 Å². The van der Waals surface area contributed by atoms with Gasteiger partial charge in [0.15, 0.2) is 11.6 Å². The molecular weight excluding hydrogens is 357 g/mol. The normalized spacial score (nSPS) is 17.3. The number of hydrogen-bond donors (Lipinski definition) is 1. The average Bonchev–Trinajstić information content (AvgIpc) is 3.01. The van der Waals surface area contributed by atoms with E-state index >= 15 is 0 Å². The molecule has 1 aliphatic rings. The Morgan fingerprint density at radius 1 is 1.19 bits per heavy atom. The smallest absolute Gasteiger partial charge is 0.206 e. The molecule has 0 fully saturated rings. The van der Waals surface area contributed by atoms with Gasteiger partial charge in [0.05, 0.1) is 22.9 Å². The third-order valence-electron chi connectivity index (χ3n) is 4.76. The summed E-state index contributed by atoms with van der Waals surface area (Å²) < 4.78 is 50.6. The number of hydrogen-bond acceptors (Lipinski definition) is 5. The lowest BCUT2D eigenvalue weighted by Crippen LogP contribution is -2.26. The first-order valence-corrected chi connectivity index (χ1v) is 9.77. The highest BCUT2D eigenvalue weighted by atomic mass is 32.2. The molecule has 0 aliphatic carbocycles. The van der Waals surface area contributed by atoms with Crippen molar-refractivity contribution in [2.45, 2.75) is 29.2 Å². The van der Waals surface area contributed by atoms with Gasteiger partial charge in [0.25, 0.3) is 0 Å². The summed E-state index contributed by atoms with van der Waals surface area (Å²) in [5.74, 6) is 0.135. The standard InChI is InChI=1S/C19H18FNO4S/c1-11-19-14(7-8-21-11)15-9-12(3-5-17(15)25-19)26(22,23)13-4-6-18(24-2)16(20)10-13/h3-6,9-11,21H,7-8H2,1-2H3. The zero-order valence-electron chi connectivity index (χ0n) is 14.4. The first-order valence-electron chi connectivity index (χ1n) is 8.29. The van der Waals surface area contributed by atoms with Crippen LogP contribution in [0, 0.1) is 5.82 Å². The molecule has 0 saturated carbocycles. The Bertz CT molecular complexity index is 1100. The van der Waals surface area contributed by atoms with Crippen LogP contribution in [-0.4, -0.2) is 22.1 Å².